The standard InChI is InChI=1S/C14H27N5O.ClH/c1-14(2,3)19-10-11(16-17-19)9-18-6-5-13(20-4)7-12(18)8-15;/h10,12-13H,5-9,15H2,1-4H3;1H. The van der Waals surface area contributed by atoms with E-state index in [1.165, 1.54) is 0 Å². The molecule has 2 unspecified atom stereocenters. The molecule has 2 atom stereocenters. The van der Waals surface area contributed by atoms with E-state index in [1.807, 2.05) is 10.9 Å². The fraction of sp³-hybridized carbons (Fsp3) is 0.857. The van der Waals surface area contributed by atoms with E-state index in [0.29, 0.717) is 18.7 Å². The summed E-state index contributed by atoms with van der Waals surface area (Å²) >= 11 is 0. The number of likely N-dealkylation sites (tertiary alicyclic amines) is 1. The molecule has 0 saturated carbocycles. The number of aromatic nitrogens is 3. The van der Waals surface area contributed by atoms with Crippen molar-refractivity contribution in [3.63, 3.8) is 0 Å². The first-order valence-electron chi connectivity index (χ1n) is 7.32. The number of ether oxygens (including phenoxy) is 1. The van der Waals surface area contributed by atoms with Gasteiger partial charge in [-0.05, 0) is 33.6 Å². The molecule has 2 N–H and O–H groups in total. The molecule has 0 aliphatic carbocycles. The van der Waals surface area contributed by atoms with Gasteiger partial charge in [0, 0.05) is 32.8 Å². The van der Waals surface area contributed by atoms with Crippen molar-refractivity contribution < 1.29 is 4.74 Å². The summed E-state index contributed by atoms with van der Waals surface area (Å²) in [5, 5.41) is 8.50. The number of nitrogens with zero attached hydrogens (tertiary/aromatic N) is 4. The lowest BCUT2D eigenvalue weighted by Gasteiger charge is -2.37. The number of hydrogen-bond donors (Lipinski definition) is 1. The zero-order chi connectivity index (χ0) is 14.8. The minimum atomic E-state index is -0.0262. The highest BCUT2D eigenvalue weighted by atomic mass is 35.5. The summed E-state index contributed by atoms with van der Waals surface area (Å²) in [5.74, 6) is 0. The molecule has 7 heteroatoms. The van der Waals surface area contributed by atoms with Gasteiger partial charge in [0.15, 0.2) is 0 Å². The molecule has 0 bridgehead atoms. The van der Waals surface area contributed by atoms with E-state index in [0.717, 1.165) is 31.6 Å². The largest absolute Gasteiger partial charge is 0.381 e. The van der Waals surface area contributed by atoms with Crippen molar-refractivity contribution in [2.24, 2.45) is 5.73 Å². The van der Waals surface area contributed by atoms with Gasteiger partial charge in [0.1, 0.15) is 0 Å². The van der Waals surface area contributed by atoms with E-state index in [-0.39, 0.29) is 17.9 Å². The molecule has 2 rings (SSSR count). The normalized spacial score (nSPS) is 23.9. The minimum Gasteiger partial charge on any atom is -0.381 e. The van der Waals surface area contributed by atoms with Gasteiger partial charge in [-0.1, -0.05) is 5.21 Å². The zero-order valence-electron chi connectivity index (χ0n) is 13.5. The Morgan fingerprint density at radius 1 is 1.43 bits per heavy atom. The number of halogens is 1. The maximum absolute atomic E-state index is 5.90. The second-order valence-corrected chi connectivity index (χ2v) is 6.57. The molecule has 1 fully saturated rings. The van der Waals surface area contributed by atoms with E-state index in [9.17, 15) is 0 Å². The molecule has 0 aromatic carbocycles. The highest BCUT2D eigenvalue weighted by molar-refractivity contribution is 5.85. The van der Waals surface area contributed by atoms with E-state index >= 15 is 0 Å². The Labute approximate surface area is 133 Å². The van der Waals surface area contributed by atoms with Gasteiger partial charge >= 0.3 is 0 Å². The molecule has 2 heterocycles. The van der Waals surface area contributed by atoms with Crippen LogP contribution in [0.3, 0.4) is 0 Å². The molecular weight excluding hydrogens is 290 g/mol. The molecule has 1 aromatic heterocycles. The number of rotatable bonds is 4. The Balaban J connectivity index is 0.00000220. The lowest BCUT2D eigenvalue weighted by molar-refractivity contribution is 0.00976. The lowest BCUT2D eigenvalue weighted by Crippen LogP contribution is -2.48. The van der Waals surface area contributed by atoms with Crippen molar-refractivity contribution >= 4 is 12.4 Å². The van der Waals surface area contributed by atoms with Gasteiger partial charge in [-0.2, -0.15) is 0 Å². The van der Waals surface area contributed by atoms with Gasteiger partial charge in [0.25, 0.3) is 0 Å². The summed E-state index contributed by atoms with van der Waals surface area (Å²) in [6.45, 7) is 8.85. The summed E-state index contributed by atoms with van der Waals surface area (Å²) in [7, 11) is 1.78. The van der Waals surface area contributed by atoms with Gasteiger partial charge in [0.2, 0.25) is 0 Å². The Kier molecular flexibility index (Phi) is 6.59. The average Bonchev–Trinajstić information content (AvgIpc) is 2.87. The van der Waals surface area contributed by atoms with Crippen LogP contribution in [0.5, 0.6) is 0 Å². The monoisotopic (exact) mass is 317 g/mol. The number of piperidine rings is 1. The first-order chi connectivity index (χ1) is 9.44. The van der Waals surface area contributed by atoms with Crippen LogP contribution in [-0.4, -0.2) is 52.2 Å². The SMILES string of the molecule is COC1CCN(Cc2cn(C(C)(C)C)nn2)C(CN)C1.Cl. The van der Waals surface area contributed by atoms with Gasteiger partial charge in [-0.3, -0.25) is 4.90 Å². The second kappa shape index (κ2) is 7.54. The highest BCUT2D eigenvalue weighted by Gasteiger charge is 2.28. The maximum atomic E-state index is 5.90. The van der Waals surface area contributed by atoms with Crippen LogP contribution < -0.4 is 5.73 Å². The van der Waals surface area contributed by atoms with Crippen LogP contribution >= 0.6 is 12.4 Å². The molecule has 1 aromatic rings. The van der Waals surface area contributed by atoms with Crippen LogP contribution in [0.4, 0.5) is 0 Å². The Morgan fingerprint density at radius 3 is 2.67 bits per heavy atom. The van der Waals surface area contributed by atoms with Crippen molar-refractivity contribution in [3.8, 4) is 0 Å². The molecule has 1 aliphatic heterocycles. The summed E-state index contributed by atoms with van der Waals surface area (Å²) in [4.78, 5) is 2.40. The highest BCUT2D eigenvalue weighted by Crippen LogP contribution is 2.21. The molecule has 122 valence electrons. The lowest BCUT2D eigenvalue weighted by atomic mass is 9.99. The summed E-state index contributed by atoms with van der Waals surface area (Å²) in [5.41, 5.74) is 6.88. The van der Waals surface area contributed by atoms with Gasteiger partial charge < -0.3 is 10.5 Å². The Morgan fingerprint density at radius 2 is 2.14 bits per heavy atom. The van der Waals surface area contributed by atoms with Crippen LogP contribution in [-0.2, 0) is 16.8 Å². The third-order valence-electron chi connectivity index (χ3n) is 3.99. The molecule has 1 saturated heterocycles. The van der Waals surface area contributed by atoms with Crippen molar-refractivity contribution in [1.82, 2.24) is 19.9 Å². The predicted octanol–water partition coefficient (Wildman–Crippen LogP) is 1.39. The zero-order valence-corrected chi connectivity index (χ0v) is 14.3. The summed E-state index contributed by atoms with van der Waals surface area (Å²) in [6.07, 6.45) is 4.43. The van der Waals surface area contributed by atoms with Crippen LogP contribution in [0.25, 0.3) is 0 Å². The minimum absolute atomic E-state index is 0. The summed E-state index contributed by atoms with van der Waals surface area (Å²) < 4.78 is 7.37. The number of hydrogen-bond acceptors (Lipinski definition) is 5. The van der Waals surface area contributed by atoms with E-state index in [1.54, 1.807) is 7.11 Å². The molecule has 0 spiro atoms. The van der Waals surface area contributed by atoms with Gasteiger partial charge in [0.05, 0.1) is 23.5 Å². The smallest absolute Gasteiger partial charge is 0.0967 e. The van der Waals surface area contributed by atoms with E-state index < -0.39 is 0 Å². The van der Waals surface area contributed by atoms with Gasteiger partial charge in [-0.15, -0.1) is 17.5 Å². The first-order valence-corrected chi connectivity index (χ1v) is 7.32. The number of nitrogens with two attached hydrogens (primary N) is 1. The van der Waals surface area contributed by atoms with Crippen molar-refractivity contribution in [2.75, 3.05) is 20.2 Å². The van der Waals surface area contributed by atoms with E-state index in [2.05, 4.69) is 36.0 Å². The topological polar surface area (TPSA) is 69.2 Å². The van der Waals surface area contributed by atoms with Crippen LogP contribution in [0.15, 0.2) is 6.20 Å². The van der Waals surface area contributed by atoms with Crippen molar-refractivity contribution in [2.45, 2.75) is 57.8 Å². The average molecular weight is 318 g/mol. The third kappa shape index (κ3) is 4.64. The van der Waals surface area contributed by atoms with Crippen LogP contribution in [0, 0.1) is 0 Å². The predicted molar refractivity (Wildman–Crippen MR) is 85.5 cm³/mol. The second-order valence-electron chi connectivity index (χ2n) is 6.57. The molecule has 6 nitrogen and oxygen atoms in total. The van der Waals surface area contributed by atoms with E-state index in [4.69, 9.17) is 10.5 Å². The molecule has 1 aliphatic rings. The summed E-state index contributed by atoms with van der Waals surface area (Å²) in [6, 6.07) is 0.369. The molecule has 21 heavy (non-hydrogen) atoms. The number of methoxy groups -OCH3 is 1. The first kappa shape index (κ1) is 18.4. The fourth-order valence-corrected chi connectivity index (χ4v) is 2.64. The van der Waals surface area contributed by atoms with Crippen LogP contribution in [0.2, 0.25) is 0 Å². The third-order valence-corrected chi connectivity index (χ3v) is 3.99. The molecule has 0 amide bonds. The fourth-order valence-electron chi connectivity index (χ4n) is 2.64. The maximum Gasteiger partial charge on any atom is 0.0967 e. The van der Waals surface area contributed by atoms with Crippen molar-refractivity contribution in [1.29, 1.82) is 0 Å². The molecule has 0 radical (unpaired) electrons. The van der Waals surface area contributed by atoms with Crippen molar-refractivity contribution in [3.05, 3.63) is 11.9 Å². The Bertz CT molecular complexity index is 431. The van der Waals surface area contributed by atoms with Gasteiger partial charge in [-0.25, -0.2) is 4.68 Å². The molecular formula is C14H28ClN5O. The quantitative estimate of drug-likeness (QED) is 0.909. The van der Waals surface area contributed by atoms with Crippen LogP contribution in [0.1, 0.15) is 39.3 Å². The Hall–Kier alpha value is -0.690.